The molecule has 0 aliphatic rings. The van der Waals surface area contributed by atoms with Crippen LogP contribution in [0.4, 0.5) is 34.1 Å². The van der Waals surface area contributed by atoms with Gasteiger partial charge in [0.05, 0.1) is 11.4 Å². The Hall–Kier alpha value is -9.72. The van der Waals surface area contributed by atoms with E-state index in [1.807, 2.05) is 30.3 Å². The quantitative estimate of drug-likeness (QED) is 0.0579. The van der Waals surface area contributed by atoms with E-state index in [1.165, 1.54) is 11.1 Å². The maximum absolute atomic E-state index is 12.1. The zero-order valence-electron chi connectivity index (χ0n) is 41.5. The van der Waals surface area contributed by atoms with Gasteiger partial charge in [-0.1, -0.05) is 140 Å². The van der Waals surface area contributed by atoms with Gasteiger partial charge in [0.2, 0.25) is 0 Å². The average Bonchev–Trinajstić information content (AvgIpc) is 3.89. The number of anilines is 6. The first-order chi connectivity index (χ1) is 36.1. The highest BCUT2D eigenvalue weighted by Gasteiger charge is 2.19. The lowest BCUT2D eigenvalue weighted by molar-refractivity contribution is -0.130. The summed E-state index contributed by atoms with van der Waals surface area (Å²) in [6.45, 7) is 13.0. The molecule has 9 aromatic carbocycles. The maximum atomic E-state index is 12.1. The van der Waals surface area contributed by atoms with E-state index in [-0.39, 0.29) is 0 Å². The summed E-state index contributed by atoms with van der Waals surface area (Å²) in [4.78, 5) is 28.3. The van der Waals surface area contributed by atoms with Gasteiger partial charge in [0.1, 0.15) is 11.5 Å². The normalized spacial score (nSPS) is 10.9. The molecule has 0 fully saturated rings. The molecule has 360 valence electrons. The Morgan fingerprint density at radius 1 is 0.405 bits per heavy atom. The Morgan fingerprint density at radius 2 is 0.716 bits per heavy atom. The first kappa shape index (κ1) is 47.9. The van der Waals surface area contributed by atoms with Crippen LogP contribution in [0.1, 0.15) is 18.1 Å². The van der Waals surface area contributed by atoms with Crippen molar-refractivity contribution in [2.75, 3.05) is 9.80 Å². The summed E-state index contributed by atoms with van der Waals surface area (Å²) >= 11 is 0. The molecule has 0 saturated heterocycles. The Kier molecular flexibility index (Phi) is 13.8. The van der Waals surface area contributed by atoms with Crippen LogP contribution in [0.5, 0.6) is 11.5 Å². The standard InChI is InChI=1S/C67H53N3O4/c1-6-66(71)73-62-40-24-51(25-41-62)49-16-32-58(33-17-49)68(56-28-12-47(4)13-29-56)60-36-20-53(21-37-60)64-44-45-65(70(64)55-10-8-7-9-11-55)54-22-38-61(39-23-54)69(57-30-14-48(5)15-31-57)59-34-18-50(19-35-59)52-26-42-63(43-27-52)74-67(72)46(2)3/h6-45H,1-2H2,3-5H3. The van der Waals surface area contributed by atoms with Gasteiger partial charge in [-0.15, -0.1) is 0 Å². The lowest BCUT2D eigenvalue weighted by atomic mass is 10.0. The number of hydrogen-bond donors (Lipinski definition) is 0. The Bertz CT molecular complexity index is 3580. The van der Waals surface area contributed by atoms with E-state index in [9.17, 15) is 9.59 Å². The SMILES string of the molecule is C=CC(=O)Oc1ccc(-c2ccc(N(c3ccc(C)cc3)c3ccc(-c4ccc(-c5ccc(N(c6ccc(C)cc6)c6ccc(-c7ccc(OC(=O)C(=C)C)cc7)cc6)cc5)n4-c4ccccc4)cc3)cc2)cc1. The zero-order chi connectivity index (χ0) is 51.1. The number of aromatic nitrogens is 1. The third-order valence-electron chi connectivity index (χ3n) is 12.9. The van der Waals surface area contributed by atoms with Crippen molar-refractivity contribution in [3.8, 4) is 62.0 Å². The summed E-state index contributed by atoms with van der Waals surface area (Å²) in [6.07, 6.45) is 1.15. The highest BCUT2D eigenvalue weighted by molar-refractivity contribution is 5.89. The highest BCUT2D eigenvalue weighted by atomic mass is 16.5. The average molecular weight is 964 g/mol. The van der Waals surface area contributed by atoms with Crippen molar-refractivity contribution >= 4 is 46.1 Å². The molecule has 7 nitrogen and oxygen atoms in total. The van der Waals surface area contributed by atoms with Crippen molar-refractivity contribution in [2.45, 2.75) is 20.8 Å². The predicted molar refractivity (Wildman–Crippen MR) is 303 cm³/mol. The van der Waals surface area contributed by atoms with Crippen LogP contribution in [0.2, 0.25) is 0 Å². The van der Waals surface area contributed by atoms with Crippen molar-refractivity contribution in [3.63, 3.8) is 0 Å². The van der Waals surface area contributed by atoms with Gasteiger partial charge >= 0.3 is 11.9 Å². The minimum absolute atomic E-state index is 0.354. The molecule has 74 heavy (non-hydrogen) atoms. The molecule has 0 unspecified atom stereocenters. The number of nitrogens with zero attached hydrogens (tertiary/aromatic N) is 3. The monoisotopic (exact) mass is 963 g/mol. The van der Waals surface area contributed by atoms with Gasteiger partial charge in [0.25, 0.3) is 0 Å². The number of aryl methyl sites for hydroxylation is 2. The minimum Gasteiger partial charge on any atom is -0.423 e. The zero-order valence-corrected chi connectivity index (χ0v) is 41.5. The molecular formula is C67H53N3O4. The molecule has 0 N–H and O–H groups in total. The van der Waals surface area contributed by atoms with E-state index in [1.54, 1.807) is 31.2 Å². The summed E-state index contributed by atoms with van der Waals surface area (Å²) in [6, 6.07) is 81.7. The van der Waals surface area contributed by atoms with Crippen molar-refractivity contribution < 1.29 is 19.1 Å². The molecule has 10 rings (SSSR count). The summed E-state index contributed by atoms with van der Waals surface area (Å²) in [5, 5.41) is 0. The van der Waals surface area contributed by atoms with Crippen LogP contribution in [-0.2, 0) is 9.59 Å². The van der Waals surface area contributed by atoms with Crippen LogP contribution in [0.25, 0.3) is 50.5 Å². The minimum atomic E-state index is -0.487. The predicted octanol–water partition coefficient (Wildman–Crippen LogP) is 17.3. The van der Waals surface area contributed by atoms with Crippen LogP contribution < -0.4 is 19.3 Å². The molecule has 0 atom stereocenters. The van der Waals surface area contributed by atoms with E-state index in [0.717, 1.165) is 90.7 Å². The molecule has 0 amide bonds. The second kappa shape index (κ2) is 21.3. The van der Waals surface area contributed by atoms with Crippen LogP contribution in [-0.4, -0.2) is 16.5 Å². The van der Waals surface area contributed by atoms with E-state index >= 15 is 0 Å². The topological polar surface area (TPSA) is 64.0 Å². The van der Waals surface area contributed by atoms with Gasteiger partial charge in [-0.05, 0) is 175 Å². The van der Waals surface area contributed by atoms with Gasteiger partial charge in [-0.2, -0.15) is 0 Å². The molecule has 1 aromatic heterocycles. The van der Waals surface area contributed by atoms with Crippen molar-refractivity contribution in [1.29, 1.82) is 0 Å². The van der Waals surface area contributed by atoms with Crippen molar-refractivity contribution in [2.24, 2.45) is 0 Å². The van der Waals surface area contributed by atoms with E-state index < -0.39 is 11.9 Å². The summed E-state index contributed by atoms with van der Waals surface area (Å²) in [7, 11) is 0. The molecule has 0 spiro atoms. The van der Waals surface area contributed by atoms with E-state index in [2.05, 4.69) is 223 Å². The van der Waals surface area contributed by atoms with Gasteiger partial charge in [0, 0.05) is 51.5 Å². The lowest BCUT2D eigenvalue weighted by Crippen LogP contribution is -2.10. The number of hydrogen-bond acceptors (Lipinski definition) is 6. The number of carbonyl (C=O) groups excluding carboxylic acids is 2. The number of carbonyl (C=O) groups is 2. The van der Waals surface area contributed by atoms with Crippen molar-refractivity contribution in [3.05, 3.63) is 273 Å². The largest absolute Gasteiger partial charge is 0.423 e. The van der Waals surface area contributed by atoms with Crippen LogP contribution in [0, 0.1) is 13.8 Å². The van der Waals surface area contributed by atoms with Crippen LogP contribution >= 0.6 is 0 Å². The number of rotatable bonds is 15. The maximum Gasteiger partial charge on any atom is 0.338 e. The second-order valence-electron chi connectivity index (χ2n) is 18.1. The molecule has 0 bridgehead atoms. The Labute approximate surface area is 432 Å². The molecule has 0 saturated carbocycles. The Balaban J connectivity index is 0.947. The number of esters is 2. The van der Waals surface area contributed by atoms with E-state index in [0.29, 0.717) is 17.1 Å². The molecular weight excluding hydrogens is 911 g/mol. The second-order valence-corrected chi connectivity index (χ2v) is 18.1. The molecule has 1 heterocycles. The first-order valence-electron chi connectivity index (χ1n) is 24.4. The molecule has 10 aromatic rings. The summed E-state index contributed by atoms with van der Waals surface area (Å²) in [5.74, 6) is 0.0224. The number of ether oxygens (including phenoxy) is 2. The third kappa shape index (κ3) is 10.5. The van der Waals surface area contributed by atoms with Crippen molar-refractivity contribution in [1.82, 2.24) is 4.57 Å². The first-order valence-corrected chi connectivity index (χ1v) is 24.4. The smallest absolute Gasteiger partial charge is 0.338 e. The molecule has 0 aliphatic carbocycles. The van der Waals surface area contributed by atoms with Gasteiger partial charge in [-0.3, -0.25) is 0 Å². The molecule has 0 aliphatic heterocycles. The number of para-hydroxylation sites is 1. The van der Waals surface area contributed by atoms with Gasteiger partial charge < -0.3 is 23.8 Å². The van der Waals surface area contributed by atoms with Gasteiger partial charge in [-0.25, -0.2) is 9.59 Å². The molecule has 7 heteroatoms. The fraction of sp³-hybridized carbons (Fsp3) is 0.0448. The van der Waals surface area contributed by atoms with Crippen LogP contribution in [0.15, 0.2) is 261 Å². The van der Waals surface area contributed by atoms with E-state index in [4.69, 9.17) is 9.47 Å². The van der Waals surface area contributed by atoms with Crippen LogP contribution in [0.3, 0.4) is 0 Å². The Morgan fingerprint density at radius 3 is 1.05 bits per heavy atom. The fourth-order valence-corrected chi connectivity index (χ4v) is 8.98. The lowest BCUT2D eigenvalue weighted by Gasteiger charge is -2.26. The summed E-state index contributed by atoms with van der Waals surface area (Å²) in [5.41, 5.74) is 18.4. The molecule has 0 radical (unpaired) electrons. The summed E-state index contributed by atoms with van der Waals surface area (Å²) < 4.78 is 13.0. The fourth-order valence-electron chi connectivity index (χ4n) is 8.98. The van der Waals surface area contributed by atoms with Gasteiger partial charge in [0.15, 0.2) is 0 Å². The highest BCUT2D eigenvalue weighted by Crippen LogP contribution is 2.41. The third-order valence-corrected chi connectivity index (χ3v) is 12.9. The number of benzene rings is 9.